The van der Waals surface area contributed by atoms with Crippen LogP contribution in [0.5, 0.6) is 5.75 Å². The zero-order valence-corrected chi connectivity index (χ0v) is 13.7. The molecule has 1 unspecified atom stereocenters. The molecule has 0 saturated carbocycles. The summed E-state index contributed by atoms with van der Waals surface area (Å²) in [5.41, 5.74) is 4.52. The summed E-state index contributed by atoms with van der Waals surface area (Å²) in [7, 11) is 3.87. The summed E-state index contributed by atoms with van der Waals surface area (Å²) in [5.74, 6) is 0.794. The maximum absolute atomic E-state index is 11.0. The van der Waals surface area contributed by atoms with Gasteiger partial charge in [0.05, 0.1) is 7.11 Å². The van der Waals surface area contributed by atoms with E-state index in [9.17, 15) is 5.11 Å². The van der Waals surface area contributed by atoms with Gasteiger partial charge in [-0.1, -0.05) is 36.4 Å². The molecule has 4 rings (SSSR count). The molecule has 1 N–H and O–H groups in total. The zero-order valence-electron chi connectivity index (χ0n) is 13.7. The first-order valence-electron chi connectivity index (χ1n) is 8.31. The number of nitrogens with zero attached hydrogens (tertiary/aromatic N) is 1. The average molecular weight is 309 g/mol. The molecule has 1 aliphatic carbocycles. The van der Waals surface area contributed by atoms with Gasteiger partial charge in [0.2, 0.25) is 0 Å². The predicted molar refractivity (Wildman–Crippen MR) is 91.0 cm³/mol. The van der Waals surface area contributed by atoms with Crippen LogP contribution in [-0.4, -0.2) is 37.3 Å². The van der Waals surface area contributed by atoms with Crippen molar-refractivity contribution in [3.05, 3.63) is 64.7 Å². The number of rotatable bonds is 1. The Kier molecular flexibility index (Phi) is 3.43. The molecule has 0 bridgehead atoms. The van der Waals surface area contributed by atoms with Crippen molar-refractivity contribution < 1.29 is 9.84 Å². The third-order valence-corrected chi connectivity index (χ3v) is 5.69. The van der Waals surface area contributed by atoms with E-state index in [1.165, 1.54) is 11.1 Å². The summed E-state index contributed by atoms with van der Waals surface area (Å²) in [6, 6.07) is 14.6. The van der Waals surface area contributed by atoms with Crippen LogP contribution in [0.4, 0.5) is 0 Å². The van der Waals surface area contributed by atoms with Gasteiger partial charge in [0.25, 0.3) is 0 Å². The van der Waals surface area contributed by atoms with Crippen molar-refractivity contribution in [3.63, 3.8) is 0 Å². The topological polar surface area (TPSA) is 32.7 Å². The van der Waals surface area contributed by atoms with Crippen molar-refractivity contribution in [2.24, 2.45) is 0 Å². The molecule has 1 spiro atoms. The smallest absolute Gasteiger partial charge is 0.125 e. The molecular formula is C20H23NO2. The maximum atomic E-state index is 11.0. The molecule has 0 radical (unpaired) electrons. The van der Waals surface area contributed by atoms with Crippen molar-refractivity contribution in [1.29, 1.82) is 0 Å². The normalized spacial score (nSPS) is 22.5. The molecule has 0 aromatic heterocycles. The number of aliphatic hydroxyl groups excluding tert-OH is 1. The Hall–Kier alpha value is -1.84. The van der Waals surface area contributed by atoms with Crippen LogP contribution < -0.4 is 4.74 Å². The van der Waals surface area contributed by atoms with Gasteiger partial charge in [-0.3, -0.25) is 0 Å². The number of fused-ring (bicyclic) bond motifs is 4. The van der Waals surface area contributed by atoms with E-state index in [4.69, 9.17) is 4.74 Å². The fourth-order valence-electron chi connectivity index (χ4n) is 4.43. The standard InChI is InChI=1S/C20H23NO2/c1-21-12-10-20(11-13-21)15-7-4-3-6-14(15)19(22)18-16(20)8-5-9-17(18)23-2/h3-9,19,22H,10-13H2,1-2H3. The van der Waals surface area contributed by atoms with Crippen LogP contribution in [0.2, 0.25) is 0 Å². The van der Waals surface area contributed by atoms with E-state index in [0.717, 1.165) is 42.8 Å². The molecule has 2 aliphatic rings. The molecule has 1 atom stereocenters. The van der Waals surface area contributed by atoms with Gasteiger partial charge in [0, 0.05) is 11.0 Å². The van der Waals surface area contributed by atoms with Crippen LogP contribution in [0.25, 0.3) is 0 Å². The Morgan fingerprint density at radius 3 is 2.48 bits per heavy atom. The van der Waals surface area contributed by atoms with Crippen molar-refractivity contribution in [1.82, 2.24) is 4.90 Å². The van der Waals surface area contributed by atoms with Gasteiger partial charge in [-0.2, -0.15) is 0 Å². The molecule has 1 aliphatic heterocycles. The van der Waals surface area contributed by atoms with Gasteiger partial charge < -0.3 is 14.7 Å². The molecule has 1 fully saturated rings. The average Bonchev–Trinajstić information content (AvgIpc) is 2.61. The highest BCUT2D eigenvalue weighted by atomic mass is 16.5. The molecule has 23 heavy (non-hydrogen) atoms. The van der Waals surface area contributed by atoms with Crippen molar-refractivity contribution in [2.75, 3.05) is 27.2 Å². The number of benzene rings is 2. The molecule has 2 aromatic rings. The van der Waals surface area contributed by atoms with Crippen LogP contribution in [0, 0.1) is 0 Å². The number of piperidine rings is 1. The number of hydrogen-bond acceptors (Lipinski definition) is 3. The van der Waals surface area contributed by atoms with Gasteiger partial charge in [0.1, 0.15) is 11.9 Å². The molecular weight excluding hydrogens is 286 g/mol. The Bertz CT molecular complexity index is 732. The lowest BCUT2D eigenvalue weighted by Gasteiger charge is -2.47. The first kappa shape index (κ1) is 14.7. The summed E-state index contributed by atoms with van der Waals surface area (Å²) in [5, 5.41) is 11.0. The van der Waals surface area contributed by atoms with Gasteiger partial charge in [-0.25, -0.2) is 0 Å². The molecule has 3 heteroatoms. The van der Waals surface area contributed by atoms with Gasteiger partial charge in [0.15, 0.2) is 0 Å². The van der Waals surface area contributed by atoms with Crippen LogP contribution in [-0.2, 0) is 5.41 Å². The lowest BCUT2D eigenvalue weighted by Crippen LogP contribution is -2.44. The first-order valence-corrected chi connectivity index (χ1v) is 8.31. The minimum absolute atomic E-state index is 0.00773. The number of methoxy groups -OCH3 is 1. The van der Waals surface area contributed by atoms with Crippen LogP contribution >= 0.6 is 0 Å². The summed E-state index contributed by atoms with van der Waals surface area (Å²) < 4.78 is 5.58. The van der Waals surface area contributed by atoms with Crippen molar-refractivity contribution in [2.45, 2.75) is 24.4 Å². The largest absolute Gasteiger partial charge is 0.496 e. The lowest BCUT2D eigenvalue weighted by molar-refractivity contribution is 0.175. The van der Waals surface area contributed by atoms with Crippen molar-refractivity contribution in [3.8, 4) is 5.75 Å². The number of hydrogen-bond donors (Lipinski definition) is 1. The first-order chi connectivity index (χ1) is 11.2. The highest BCUT2D eigenvalue weighted by Crippen LogP contribution is 2.53. The minimum atomic E-state index is -0.609. The zero-order chi connectivity index (χ0) is 16.0. The minimum Gasteiger partial charge on any atom is -0.496 e. The quantitative estimate of drug-likeness (QED) is 0.878. The number of aliphatic hydroxyl groups is 1. The van der Waals surface area contributed by atoms with E-state index in [-0.39, 0.29) is 5.41 Å². The van der Waals surface area contributed by atoms with Gasteiger partial charge in [-0.05, 0) is 55.7 Å². The van der Waals surface area contributed by atoms with Crippen LogP contribution in [0.15, 0.2) is 42.5 Å². The number of likely N-dealkylation sites (tertiary alicyclic amines) is 1. The van der Waals surface area contributed by atoms with E-state index in [1.54, 1.807) is 7.11 Å². The molecule has 1 heterocycles. The monoisotopic (exact) mass is 309 g/mol. The molecule has 2 aromatic carbocycles. The molecule has 0 amide bonds. The molecule has 1 saturated heterocycles. The summed E-state index contributed by atoms with van der Waals surface area (Å²) in [6.07, 6.45) is 1.54. The van der Waals surface area contributed by atoms with Crippen molar-refractivity contribution >= 4 is 0 Å². The van der Waals surface area contributed by atoms with E-state index in [1.807, 2.05) is 12.1 Å². The predicted octanol–water partition coefficient (Wildman–Crippen LogP) is 3.10. The van der Waals surface area contributed by atoms with Gasteiger partial charge in [-0.15, -0.1) is 0 Å². The van der Waals surface area contributed by atoms with E-state index in [2.05, 4.69) is 42.3 Å². The highest BCUT2D eigenvalue weighted by Gasteiger charge is 2.45. The second-order valence-electron chi connectivity index (χ2n) is 6.80. The fraction of sp³-hybridized carbons (Fsp3) is 0.400. The Labute approximate surface area is 137 Å². The summed E-state index contributed by atoms with van der Waals surface area (Å²) >= 11 is 0. The third-order valence-electron chi connectivity index (χ3n) is 5.69. The molecule has 3 nitrogen and oxygen atoms in total. The van der Waals surface area contributed by atoms with Crippen LogP contribution in [0.3, 0.4) is 0 Å². The second kappa shape index (κ2) is 5.36. The molecule has 120 valence electrons. The van der Waals surface area contributed by atoms with E-state index < -0.39 is 6.10 Å². The maximum Gasteiger partial charge on any atom is 0.125 e. The Morgan fingerprint density at radius 1 is 1.04 bits per heavy atom. The highest BCUT2D eigenvalue weighted by molar-refractivity contribution is 5.59. The fourth-order valence-corrected chi connectivity index (χ4v) is 4.43. The summed E-state index contributed by atoms with van der Waals surface area (Å²) in [6.45, 7) is 2.14. The summed E-state index contributed by atoms with van der Waals surface area (Å²) in [4.78, 5) is 2.39. The Morgan fingerprint density at radius 2 is 1.74 bits per heavy atom. The third kappa shape index (κ3) is 2.03. The van der Waals surface area contributed by atoms with E-state index >= 15 is 0 Å². The van der Waals surface area contributed by atoms with Crippen LogP contribution in [0.1, 0.15) is 41.2 Å². The Balaban J connectivity index is 1.99. The SMILES string of the molecule is COc1cccc2c1C(O)c1ccccc1C21CCN(C)CC1. The lowest BCUT2D eigenvalue weighted by atomic mass is 9.61. The second-order valence-corrected chi connectivity index (χ2v) is 6.80. The number of ether oxygens (including phenoxy) is 1. The van der Waals surface area contributed by atoms with Gasteiger partial charge >= 0.3 is 0 Å². The van der Waals surface area contributed by atoms with E-state index in [0.29, 0.717) is 0 Å².